The van der Waals surface area contributed by atoms with Crippen molar-refractivity contribution in [2.24, 2.45) is 0 Å². The third-order valence-electron chi connectivity index (χ3n) is 4.57. The first-order valence-corrected chi connectivity index (χ1v) is 8.25. The van der Waals surface area contributed by atoms with E-state index in [1.54, 1.807) is 12.1 Å². The summed E-state index contributed by atoms with van der Waals surface area (Å²) in [5.41, 5.74) is 2.12. The Balaban J connectivity index is 2.07. The molecule has 2 N–H and O–H groups in total. The first-order chi connectivity index (χ1) is 11.3. The van der Waals surface area contributed by atoms with Crippen LogP contribution in [0.3, 0.4) is 0 Å². The molecule has 0 aliphatic rings. The first-order valence-electron chi connectivity index (χ1n) is 8.25. The number of likely N-dealkylation sites (N-methyl/N-ethyl adjacent to an activating group) is 1. The molecule has 0 radical (unpaired) electrons. The van der Waals surface area contributed by atoms with Crippen molar-refractivity contribution in [2.75, 3.05) is 20.2 Å². The summed E-state index contributed by atoms with van der Waals surface area (Å²) in [6.07, 6.45) is -0.608. The van der Waals surface area contributed by atoms with Crippen LogP contribution in [0.15, 0.2) is 48.5 Å². The number of benzene rings is 2. The standard InChI is InChI=1S/C20H27NO3/c1-5-21(4)19(23)14-24-18-12-8-16(9-13-18)20(2,3)15-6-10-17(22)11-7-15/h6-13,19,22-23H,5,14H2,1-4H3. The minimum Gasteiger partial charge on any atom is -0.508 e. The molecular weight excluding hydrogens is 302 g/mol. The lowest BCUT2D eigenvalue weighted by Crippen LogP contribution is -2.36. The largest absolute Gasteiger partial charge is 0.508 e. The van der Waals surface area contributed by atoms with Gasteiger partial charge in [0, 0.05) is 5.41 Å². The Morgan fingerprint density at radius 2 is 1.50 bits per heavy atom. The Bertz CT molecular complexity index is 635. The summed E-state index contributed by atoms with van der Waals surface area (Å²) < 4.78 is 5.66. The van der Waals surface area contributed by atoms with Crippen molar-refractivity contribution in [1.82, 2.24) is 4.90 Å². The molecule has 0 heterocycles. The van der Waals surface area contributed by atoms with E-state index in [0.29, 0.717) is 0 Å². The zero-order chi connectivity index (χ0) is 17.7. The van der Waals surface area contributed by atoms with Gasteiger partial charge in [-0.05, 0) is 49.0 Å². The van der Waals surface area contributed by atoms with E-state index in [0.717, 1.165) is 23.4 Å². The molecule has 0 spiro atoms. The summed E-state index contributed by atoms with van der Waals surface area (Å²) >= 11 is 0. The fourth-order valence-electron chi connectivity index (χ4n) is 2.52. The molecule has 0 aliphatic carbocycles. The zero-order valence-electron chi connectivity index (χ0n) is 14.9. The quantitative estimate of drug-likeness (QED) is 0.765. The van der Waals surface area contributed by atoms with Crippen molar-refractivity contribution >= 4 is 0 Å². The molecule has 0 amide bonds. The SMILES string of the molecule is CCN(C)C(O)COc1ccc(C(C)(C)c2ccc(O)cc2)cc1. The molecule has 0 saturated carbocycles. The van der Waals surface area contributed by atoms with E-state index in [4.69, 9.17) is 4.74 Å². The minimum absolute atomic E-state index is 0.172. The van der Waals surface area contributed by atoms with E-state index in [-0.39, 0.29) is 17.8 Å². The van der Waals surface area contributed by atoms with Crippen LogP contribution >= 0.6 is 0 Å². The highest BCUT2D eigenvalue weighted by atomic mass is 16.5. The summed E-state index contributed by atoms with van der Waals surface area (Å²) in [6, 6.07) is 15.2. The number of ether oxygens (including phenoxy) is 1. The minimum atomic E-state index is -0.608. The van der Waals surface area contributed by atoms with Gasteiger partial charge in [-0.3, -0.25) is 4.90 Å². The molecule has 1 unspecified atom stereocenters. The van der Waals surface area contributed by atoms with Crippen molar-refractivity contribution < 1.29 is 14.9 Å². The van der Waals surface area contributed by atoms with Crippen LogP contribution in [0.4, 0.5) is 0 Å². The highest BCUT2D eigenvalue weighted by Gasteiger charge is 2.23. The van der Waals surface area contributed by atoms with Crippen molar-refractivity contribution in [3.8, 4) is 11.5 Å². The number of nitrogens with zero attached hydrogens (tertiary/aromatic N) is 1. The predicted molar refractivity (Wildman–Crippen MR) is 96.5 cm³/mol. The molecule has 4 nitrogen and oxygen atoms in total. The predicted octanol–water partition coefficient (Wildman–Crippen LogP) is 3.37. The van der Waals surface area contributed by atoms with Crippen LogP contribution < -0.4 is 4.74 Å². The monoisotopic (exact) mass is 329 g/mol. The number of hydrogen-bond acceptors (Lipinski definition) is 4. The van der Waals surface area contributed by atoms with Crippen LogP contribution in [0.5, 0.6) is 11.5 Å². The second-order valence-electron chi connectivity index (χ2n) is 6.56. The average Bonchev–Trinajstić information content (AvgIpc) is 2.59. The van der Waals surface area contributed by atoms with E-state index >= 15 is 0 Å². The molecule has 2 rings (SSSR count). The lowest BCUT2D eigenvalue weighted by Gasteiger charge is -2.26. The number of aliphatic hydroxyl groups is 1. The highest BCUT2D eigenvalue weighted by molar-refractivity contribution is 5.41. The molecular formula is C20H27NO3. The molecule has 130 valence electrons. The zero-order valence-corrected chi connectivity index (χ0v) is 14.9. The highest BCUT2D eigenvalue weighted by Crippen LogP contribution is 2.33. The van der Waals surface area contributed by atoms with Gasteiger partial charge >= 0.3 is 0 Å². The third-order valence-corrected chi connectivity index (χ3v) is 4.57. The van der Waals surface area contributed by atoms with E-state index in [1.165, 1.54) is 0 Å². The Labute approximate surface area is 144 Å². The van der Waals surface area contributed by atoms with Crippen LogP contribution in [-0.2, 0) is 5.41 Å². The van der Waals surface area contributed by atoms with Gasteiger partial charge in [0.25, 0.3) is 0 Å². The van der Waals surface area contributed by atoms with Crippen molar-refractivity contribution in [2.45, 2.75) is 32.4 Å². The molecule has 2 aromatic carbocycles. The van der Waals surface area contributed by atoms with Crippen molar-refractivity contribution in [3.63, 3.8) is 0 Å². The maximum atomic E-state index is 9.91. The van der Waals surface area contributed by atoms with Crippen LogP contribution in [0, 0.1) is 0 Å². The molecule has 0 fully saturated rings. The fraction of sp³-hybridized carbons (Fsp3) is 0.400. The van der Waals surface area contributed by atoms with Gasteiger partial charge in [0.2, 0.25) is 0 Å². The second kappa shape index (κ2) is 7.69. The smallest absolute Gasteiger partial charge is 0.141 e. The number of rotatable bonds is 7. The molecule has 4 heteroatoms. The summed E-state index contributed by atoms with van der Waals surface area (Å²) in [5.74, 6) is 1.01. The van der Waals surface area contributed by atoms with E-state index < -0.39 is 6.23 Å². The molecule has 0 bridgehead atoms. The number of aliphatic hydroxyl groups excluding tert-OH is 1. The average molecular weight is 329 g/mol. The van der Waals surface area contributed by atoms with Gasteiger partial charge in [-0.15, -0.1) is 0 Å². The first kappa shape index (κ1) is 18.3. The number of hydrogen-bond donors (Lipinski definition) is 2. The number of phenolic OH excluding ortho intramolecular Hbond substituents is 1. The summed E-state index contributed by atoms with van der Waals surface area (Å²) in [6.45, 7) is 7.29. The van der Waals surface area contributed by atoms with Crippen LogP contribution in [0.1, 0.15) is 31.9 Å². The molecule has 0 aromatic heterocycles. The molecule has 0 saturated heterocycles. The summed E-state index contributed by atoms with van der Waals surface area (Å²) in [7, 11) is 1.86. The van der Waals surface area contributed by atoms with Crippen LogP contribution in [-0.4, -0.2) is 41.5 Å². The maximum absolute atomic E-state index is 9.91. The Morgan fingerprint density at radius 1 is 1.00 bits per heavy atom. The fourth-order valence-corrected chi connectivity index (χ4v) is 2.52. The molecule has 1 atom stereocenters. The van der Waals surface area contributed by atoms with E-state index in [1.807, 2.05) is 55.3 Å². The van der Waals surface area contributed by atoms with E-state index in [9.17, 15) is 10.2 Å². The molecule has 0 aliphatic heterocycles. The van der Waals surface area contributed by atoms with Gasteiger partial charge in [0.05, 0.1) is 0 Å². The Hall–Kier alpha value is -2.04. The normalized spacial score (nSPS) is 13.1. The van der Waals surface area contributed by atoms with Gasteiger partial charge in [-0.2, -0.15) is 0 Å². The van der Waals surface area contributed by atoms with Gasteiger partial charge < -0.3 is 14.9 Å². The summed E-state index contributed by atoms with van der Waals surface area (Å²) in [4.78, 5) is 1.82. The van der Waals surface area contributed by atoms with Gasteiger partial charge in [-0.1, -0.05) is 45.0 Å². The van der Waals surface area contributed by atoms with Gasteiger partial charge in [-0.25, -0.2) is 0 Å². The van der Waals surface area contributed by atoms with Crippen molar-refractivity contribution in [3.05, 3.63) is 59.7 Å². The third kappa shape index (κ3) is 4.28. The molecule has 24 heavy (non-hydrogen) atoms. The second-order valence-corrected chi connectivity index (χ2v) is 6.56. The van der Waals surface area contributed by atoms with Crippen LogP contribution in [0.25, 0.3) is 0 Å². The Morgan fingerprint density at radius 3 is 2.00 bits per heavy atom. The number of aromatic hydroxyl groups is 1. The maximum Gasteiger partial charge on any atom is 0.141 e. The van der Waals surface area contributed by atoms with Crippen LogP contribution in [0.2, 0.25) is 0 Å². The lowest BCUT2D eigenvalue weighted by atomic mass is 9.78. The van der Waals surface area contributed by atoms with E-state index in [2.05, 4.69) is 13.8 Å². The number of phenols is 1. The van der Waals surface area contributed by atoms with Gasteiger partial charge in [0.15, 0.2) is 0 Å². The van der Waals surface area contributed by atoms with Crippen molar-refractivity contribution in [1.29, 1.82) is 0 Å². The molecule has 2 aromatic rings. The topological polar surface area (TPSA) is 52.9 Å². The van der Waals surface area contributed by atoms with Gasteiger partial charge in [0.1, 0.15) is 24.3 Å². The summed E-state index contributed by atoms with van der Waals surface area (Å²) in [5, 5.41) is 19.4. The lowest BCUT2D eigenvalue weighted by molar-refractivity contribution is -0.00974. The Kier molecular flexibility index (Phi) is 5.86.